The van der Waals surface area contributed by atoms with Crippen molar-refractivity contribution < 1.29 is 13.9 Å². The van der Waals surface area contributed by atoms with E-state index in [1.807, 2.05) is 74.5 Å². The van der Waals surface area contributed by atoms with E-state index in [9.17, 15) is 4.79 Å². The smallest absolute Gasteiger partial charge is 0.254 e. The Balaban J connectivity index is 1.48. The zero-order chi connectivity index (χ0) is 22.7. The zero-order valence-corrected chi connectivity index (χ0v) is 18.6. The third-order valence-corrected chi connectivity index (χ3v) is 5.57. The summed E-state index contributed by atoms with van der Waals surface area (Å²) in [6.07, 6.45) is 0. The third-order valence-electron chi connectivity index (χ3n) is 5.57. The number of amides is 1. The van der Waals surface area contributed by atoms with Gasteiger partial charge in [0.05, 0.1) is 13.2 Å². The minimum atomic E-state index is -0.0825. The number of hydrogen-bond acceptors (Lipinski definition) is 5. The number of aryl methyl sites for hydroxylation is 1. The van der Waals surface area contributed by atoms with Crippen molar-refractivity contribution in [1.29, 1.82) is 0 Å². The summed E-state index contributed by atoms with van der Waals surface area (Å²) in [4.78, 5) is 14.7. The van der Waals surface area contributed by atoms with Crippen molar-refractivity contribution >= 4 is 5.91 Å². The summed E-state index contributed by atoms with van der Waals surface area (Å²) in [7, 11) is 3.44. The molecular formula is C26H25N3O3. The summed E-state index contributed by atoms with van der Waals surface area (Å²) in [5.74, 6) is 1.61. The van der Waals surface area contributed by atoms with Gasteiger partial charge >= 0.3 is 0 Å². The fraction of sp³-hybridized carbons (Fsp3) is 0.192. The van der Waals surface area contributed by atoms with Crippen molar-refractivity contribution in [2.45, 2.75) is 19.9 Å². The maximum absolute atomic E-state index is 13.0. The summed E-state index contributed by atoms with van der Waals surface area (Å²) in [5.41, 5.74) is 4.39. The number of rotatable bonds is 6. The molecule has 0 bridgehead atoms. The molecule has 6 heteroatoms. The van der Waals surface area contributed by atoms with E-state index in [1.165, 1.54) is 0 Å². The predicted molar refractivity (Wildman–Crippen MR) is 123 cm³/mol. The van der Waals surface area contributed by atoms with Gasteiger partial charge in [0.1, 0.15) is 5.75 Å². The van der Waals surface area contributed by atoms with E-state index < -0.39 is 0 Å². The van der Waals surface area contributed by atoms with Crippen LogP contribution in [0.2, 0.25) is 0 Å². The first-order valence-electron chi connectivity index (χ1n) is 10.4. The van der Waals surface area contributed by atoms with Gasteiger partial charge in [0.15, 0.2) is 0 Å². The van der Waals surface area contributed by atoms with E-state index in [-0.39, 0.29) is 11.9 Å². The van der Waals surface area contributed by atoms with Crippen LogP contribution in [-0.4, -0.2) is 35.2 Å². The molecule has 4 aromatic rings. The molecule has 0 aliphatic heterocycles. The third kappa shape index (κ3) is 4.39. The van der Waals surface area contributed by atoms with E-state index in [2.05, 4.69) is 10.2 Å². The largest absolute Gasteiger partial charge is 0.497 e. The van der Waals surface area contributed by atoms with Gasteiger partial charge in [0, 0.05) is 23.7 Å². The molecule has 0 spiro atoms. The van der Waals surface area contributed by atoms with E-state index in [0.717, 1.165) is 28.0 Å². The van der Waals surface area contributed by atoms with E-state index in [0.29, 0.717) is 17.3 Å². The van der Waals surface area contributed by atoms with Crippen LogP contribution in [0.3, 0.4) is 0 Å². The molecule has 32 heavy (non-hydrogen) atoms. The molecule has 0 aliphatic rings. The van der Waals surface area contributed by atoms with Gasteiger partial charge in [-0.1, -0.05) is 29.8 Å². The van der Waals surface area contributed by atoms with Gasteiger partial charge in [-0.25, -0.2) is 0 Å². The Hall–Kier alpha value is -3.93. The normalized spacial score (nSPS) is 11.8. The summed E-state index contributed by atoms with van der Waals surface area (Å²) < 4.78 is 11.1. The van der Waals surface area contributed by atoms with Crippen LogP contribution >= 0.6 is 0 Å². The number of ether oxygens (including phenoxy) is 1. The standard InChI is InChI=1S/C26H25N3O3/c1-17-6-5-7-22(16-17)25-28-27-24(32-25)20-8-10-21(11-9-20)26(30)29(3)18(2)19-12-14-23(31-4)15-13-19/h5-16,18H,1-4H3. The molecule has 4 rings (SSSR count). The molecule has 1 heterocycles. The molecule has 1 atom stereocenters. The van der Waals surface area contributed by atoms with Gasteiger partial charge in [-0.15, -0.1) is 10.2 Å². The van der Waals surface area contributed by atoms with Crippen molar-refractivity contribution in [3.05, 3.63) is 89.5 Å². The first-order valence-corrected chi connectivity index (χ1v) is 10.4. The molecule has 162 valence electrons. The van der Waals surface area contributed by atoms with E-state index in [4.69, 9.17) is 9.15 Å². The maximum atomic E-state index is 13.0. The Bertz CT molecular complexity index is 1210. The predicted octanol–water partition coefficient (Wildman–Crippen LogP) is 5.55. The highest BCUT2D eigenvalue weighted by atomic mass is 16.5. The topological polar surface area (TPSA) is 68.5 Å². The number of benzene rings is 3. The highest BCUT2D eigenvalue weighted by Gasteiger charge is 2.19. The summed E-state index contributed by atoms with van der Waals surface area (Å²) >= 11 is 0. The lowest BCUT2D eigenvalue weighted by Gasteiger charge is -2.25. The minimum Gasteiger partial charge on any atom is -0.497 e. The number of nitrogens with zero attached hydrogens (tertiary/aromatic N) is 3. The van der Waals surface area contributed by atoms with Crippen molar-refractivity contribution in [3.63, 3.8) is 0 Å². The lowest BCUT2D eigenvalue weighted by atomic mass is 10.1. The highest BCUT2D eigenvalue weighted by Crippen LogP contribution is 2.26. The van der Waals surface area contributed by atoms with Crippen molar-refractivity contribution in [3.8, 4) is 28.7 Å². The van der Waals surface area contributed by atoms with Crippen LogP contribution in [0.1, 0.15) is 34.5 Å². The molecule has 3 aromatic carbocycles. The average molecular weight is 428 g/mol. The van der Waals surface area contributed by atoms with Crippen LogP contribution in [0, 0.1) is 6.92 Å². The average Bonchev–Trinajstić information content (AvgIpc) is 3.33. The van der Waals surface area contributed by atoms with Crippen LogP contribution < -0.4 is 4.74 Å². The highest BCUT2D eigenvalue weighted by molar-refractivity contribution is 5.94. The number of aromatic nitrogens is 2. The van der Waals surface area contributed by atoms with E-state index in [1.54, 1.807) is 31.2 Å². The molecule has 6 nitrogen and oxygen atoms in total. The van der Waals surface area contributed by atoms with Crippen LogP contribution in [0.25, 0.3) is 22.9 Å². The molecule has 0 fully saturated rings. The van der Waals surface area contributed by atoms with Crippen LogP contribution in [-0.2, 0) is 0 Å². The Morgan fingerprint density at radius 3 is 2.22 bits per heavy atom. The minimum absolute atomic E-state index is 0.0640. The Morgan fingerprint density at radius 2 is 1.59 bits per heavy atom. The zero-order valence-electron chi connectivity index (χ0n) is 18.6. The molecule has 1 amide bonds. The van der Waals surface area contributed by atoms with Gasteiger partial charge in [0.2, 0.25) is 11.8 Å². The number of carbonyl (C=O) groups excluding carboxylic acids is 1. The van der Waals surface area contributed by atoms with Gasteiger partial charge in [-0.05, 0) is 67.9 Å². The van der Waals surface area contributed by atoms with Crippen molar-refractivity contribution in [2.24, 2.45) is 0 Å². The van der Waals surface area contributed by atoms with Gasteiger partial charge in [-0.2, -0.15) is 0 Å². The second-order valence-electron chi connectivity index (χ2n) is 7.72. The monoisotopic (exact) mass is 427 g/mol. The molecule has 1 unspecified atom stereocenters. The molecule has 0 saturated heterocycles. The Kier molecular flexibility index (Phi) is 6.03. The van der Waals surface area contributed by atoms with Gasteiger partial charge in [-0.3, -0.25) is 4.79 Å². The summed E-state index contributed by atoms with van der Waals surface area (Å²) in [6, 6.07) is 22.8. The summed E-state index contributed by atoms with van der Waals surface area (Å²) in [6.45, 7) is 4.02. The van der Waals surface area contributed by atoms with Gasteiger partial charge in [0.25, 0.3) is 5.91 Å². The quantitative estimate of drug-likeness (QED) is 0.403. The SMILES string of the molecule is COc1ccc(C(C)N(C)C(=O)c2ccc(-c3nnc(-c4cccc(C)c4)o3)cc2)cc1. The molecular weight excluding hydrogens is 402 g/mol. The lowest BCUT2D eigenvalue weighted by Crippen LogP contribution is -2.29. The van der Waals surface area contributed by atoms with Crippen LogP contribution in [0.4, 0.5) is 0 Å². The lowest BCUT2D eigenvalue weighted by molar-refractivity contribution is 0.0742. The van der Waals surface area contributed by atoms with Crippen LogP contribution in [0.5, 0.6) is 5.75 Å². The molecule has 1 aromatic heterocycles. The fourth-order valence-corrected chi connectivity index (χ4v) is 3.48. The van der Waals surface area contributed by atoms with Gasteiger partial charge < -0.3 is 14.1 Å². The molecule has 0 saturated carbocycles. The second kappa shape index (κ2) is 9.06. The fourth-order valence-electron chi connectivity index (χ4n) is 3.48. The van der Waals surface area contributed by atoms with Crippen molar-refractivity contribution in [2.75, 3.05) is 14.2 Å². The molecule has 0 aliphatic carbocycles. The van der Waals surface area contributed by atoms with Crippen molar-refractivity contribution in [1.82, 2.24) is 15.1 Å². The first kappa shape index (κ1) is 21.3. The summed E-state index contributed by atoms with van der Waals surface area (Å²) in [5, 5.41) is 8.32. The van der Waals surface area contributed by atoms with E-state index >= 15 is 0 Å². The molecule has 0 radical (unpaired) electrons. The second-order valence-corrected chi connectivity index (χ2v) is 7.72. The number of carbonyl (C=O) groups is 1. The Morgan fingerprint density at radius 1 is 0.938 bits per heavy atom. The maximum Gasteiger partial charge on any atom is 0.254 e. The first-order chi connectivity index (χ1) is 15.5. The van der Waals surface area contributed by atoms with Crippen LogP contribution in [0.15, 0.2) is 77.2 Å². The number of hydrogen-bond donors (Lipinski definition) is 0. The molecule has 0 N–H and O–H groups in total. The Labute approximate surface area is 187 Å². The number of methoxy groups -OCH3 is 1.